The van der Waals surface area contributed by atoms with Crippen molar-refractivity contribution in [3.05, 3.63) is 94.3 Å². The summed E-state index contributed by atoms with van der Waals surface area (Å²) in [5.74, 6) is -1.41. The lowest BCUT2D eigenvalue weighted by atomic mass is 10.0. The van der Waals surface area contributed by atoms with E-state index < -0.39 is 55.3 Å². The van der Waals surface area contributed by atoms with E-state index in [-0.39, 0.29) is 60.7 Å². The number of hydrogen-bond acceptors (Lipinski definition) is 12. The van der Waals surface area contributed by atoms with Crippen LogP contribution in [0.2, 0.25) is 0 Å². The van der Waals surface area contributed by atoms with Gasteiger partial charge in [-0.15, -0.1) is 11.8 Å². The fraction of sp³-hybridized carbons (Fsp3) is 0.417. The molecule has 16 nitrogen and oxygen atoms in total. The molecule has 0 bridgehead atoms. The molecule has 1 aromatic heterocycles. The average molecular weight is 783 g/mol. The maximum atomic E-state index is 13.9. The van der Waals surface area contributed by atoms with Gasteiger partial charge in [0.1, 0.15) is 28.3 Å². The highest BCUT2D eigenvalue weighted by Gasteiger charge is 2.51. The first kappa shape index (κ1) is 40.1. The predicted octanol–water partition coefficient (Wildman–Crippen LogP) is 3.86. The molecule has 2 aromatic carbocycles. The van der Waals surface area contributed by atoms with E-state index in [1.54, 1.807) is 63.8 Å². The molecule has 0 saturated carbocycles. The van der Waals surface area contributed by atoms with Crippen LogP contribution < -0.4 is 10.1 Å². The number of hydrogen-bond donors (Lipinski definition) is 1. The molecule has 0 spiro atoms. The van der Waals surface area contributed by atoms with Gasteiger partial charge in [-0.2, -0.15) is 4.31 Å². The number of nitrogens with one attached hydrogen (secondary N) is 1. The third kappa shape index (κ3) is 9.53. The van der Waals surface area contributed by atoms with E-state index in [9.17, 15) is 37.7 Å². The van der Waals surface area contributed by atoms with Crippen molar-refractivity contribution in [1.29, 1.82) is 0 Å². The van der Waals surface area contributed by atoms with E-state index in [1.165, 1.54) is 65.5 Å². The molecule has 18 heteroatoms. The molecule has 2 saturated heterocycles. The molecule has 3 aromatic rings. The fourth-order valence-corrected chi connectivity index (χ4v) is 9.07. The van der Waals surface area contributed by atoms with E-state index in [0.717, 1.165) is 4.31 Å². The van der Waals surface area contributed by atoms with Gasteiger partial charge in [0.15, 0.2) is 0 Å². The molecule has 0 aliphatic carbocycles. The van der Waals surface area contributed by atoms with E-state index >= 15 is 0 Å². The highest BCUT2D eigenvalue weighted by atomic mass is 32.2. The second-order valence-corrected chi connectivity index (χ2v) is 17.7. The number of nitro groups is 1. The van der Waals surface area contributed by atoms with Crippen molar-refractivity contribution < 1.29 is 42.0 Å². The van der Waals surface area contributed by atoms with E-state index in [4.69, 9.17) is 9.47 Å². The fourth-order valence-electron chi connectivity index (χ4n) is 5.93. The number of piperazine rings is 1. The number of non-ortho nitro benzene ring substituents is 1. The summed E-state index contributed by atoms with van der Waals surface area (Å²) in [7, 11) is -4.10. The summed E-state index contributed by atoms with van der Waals surface area (Å²) in [6.07, 6.45) is 2.05. The summed E-state index contributed by atoms with van der Waals surface area (Å²) in [4.78, 5) is 70.5. The van der Waals surface area contributed by atoms with Crippen LogP contribution in [0.1, 0.15) is 50.5 Å². The Bertz CT molecular complexity index is 1980. The molecule has 3 amide bonds. The van der Waals surface area contributed by atoms with Crippen LogP contribution in [0.15, 0.2) is 78.0 Å². The number of nitro benzene ring substituents is 1. The van der Waals surface area contributed by atoms with Crippen LogP contribution in [-0.4, -0.2) is 111 Å². The molecule has 2 fully saturated rings. The zero-order chi connectivity index (χ0) is 39.4. The van der Waals surface area contributed by atoms with Crippen LogP contribution in [0.4, 0.5) is 10.5 Å². The highest BCUT2D eigenvalue weighted by Crippen LogP contribution is 2.42. The summed E-state index contributed by atoms with van der Waals surface area (Å²) in [5.41, 5.74) is -0.0835. The number of nitrogens with zero attached hydrogens (tertiary/aromatic N) is 5. The monoisotopic (exact) mass is 782 g/mol. The minimum absolute atomic E-state index is 0.00469. The number of aromatic nitrogens is 1. The summed E-state index contributed by atoms with van der Waals surface area (Å²) in [5, 5.41) is 13.7. The van der Waals surface area contributed by atoms with E-state index in [0.29, 0.717) is 11.1 Å². The molecule has 54 heavy (non-hydrogen) atoms. The number of sulfonamides is 1. The van der Waals surface area contributed by atoms with Gasteiger partial charge >= 0.3 is 12.1 Å². The van der Waals surface area contributed by atoms with E-state index in [1.807, 2.05) is 0 Å². The summed E-state index contributed by atoms with van der Waals surface area (Å²) in [6, 6.07) is 12.3. The number of esters is 1. The van der Waals surface area contributed by atoms with Crippen LogP contribution in [-0.2, 0) is 30.8 Å². The van der Waals surface area contributed by atoms with Crippen LogP contribution in [0.5, 0.6) is 5.75 Å². The SMILES string of the molecule is CC(C)(C)OC(=O)[C@H](Cc1ccc(OC(=O)N2CCN(C(=O)c3ccc([N+](=O)[O-])cc3)CC2)cc1)NC(=O)[C@H]1N(S(=O)(=O)c2cccnc2)CSC1(C)C. The van der Waals surface area contributed by atoms with Crippen molar-refractivity contribution in [1.82, 2.24) is 24.4 Å². The van der Waals surface area contributed by atoms with E-state index in [2.05, 4.69) is 10.3 Å². The normalized spacial score (nSPS) is 18.1. The van der Waals surface area contributed by atoms with Gasteiger partial charge in [-0.25, -0.2) is 18.0 Å². The molecule has 5 rings (SSSR count). The zero-order valence-electron chi connectivity index (χ0n) is 30.5. The summed E-state index contributed by atoms with van der Waals surface area (Å²) >= 11 is 1.30. The van der Waals surface area contributed by atoms with Gasteiger partial charge in [0.2, 0.25) is 15.9 Å². The predicted molar refractivity (Wildman–Crippen MR) is 198 cm³/mol. The number of carbonyl (C=O) groups excluding carboxylic acids is 4. The Morgan fingerprint density at radius 2 is 1.63 bits per heavy atom. The first-order chi connectivity index (χ1) is 25.4. The Morgan fingerprint density at radius 1 is 1.00 bits per heavy atom. The van der Waals surface area contributed by atoms with Gasteiger partial charge in [-0.1, -0.05) is 12.1 Å². The standard InChI is InChI=1S/C36H42N6O10S2/c1-35(2,3)52-33(45)29(38-31(43)30-36(4,5)53-23-41(30)54(49,50)28-7-6-16-37-22-28)21-24-8-14-27(15-9-24)51-34(46)40-19-17-39(18-20-40)32(44)25-10-12-26(13-11-25)42(47)48/h6-16,22,29-30H,17-21,23H2,1-5H3,(H,38,43)/t29-,30+/m0/s1. The molecule has 2 aliphatic heterocycles. The quantitative estimate of drug-likeness (QED) is 0.177. The van der Waals surface area contributed by atoms with Gasteiger partial charge in [0.05, 0.1) is 10.8 Å². The molecule has 0 unspecified atom stereocenters. The number of thioether (sulfide) groups is 1. The van der Waals surface area contributed by atoms with Gasteiger partial charge in [0.25, 0.3) is 11.6 Å². The number of rotatable bonds is 10. The largest absolute Gasteiger partial charge is 0.458 e. The molecular weight excluding hydrogens is 741 g/mol. The zero-order valence-corrected chi connectivity index (χ0v) is 32.1. The van der Waals surface area contributed by atoms with Crippen molar-refractivity contribution in [3.63, 3.8) is 0 Å². The molecule has 3 heterocycles. The van der Waals surface area contributed by atoms with Crippen molar-refractivity contribution in [3.8, 4) is 5.75 Å². The van der Waals surface area contributed by atoms with Gasteiger partial charge in [-0.05, 0) is 76.6 Å². The Labute approximate surface area is 317 Å². The second-order valence-electron chi connectivity index (χ2n) is 14.3. The smallest absolute Gasteiger partial charge is 0.415 e. The van der Waals surface area contributed by atoms with Gasteiger partial charge in [-0.3, -0.25) is 24.7 Å². The lowest BCUT2D eigenvalue weighted by Crippen LogP contribution is -2.57. The number of amides is 3. The Balaban J connectivity index is 1.22. The first-order valence-electron chi connectivity index (χ1n) is 17.0. The molecule has 0 radical (unpaired) electrons. The molecule has 2 atom stereocenters. The van der Waals surface area contributed by atoms with Crippen molar-refractivity contribution in [2.45, 2.75) is 68.4 Å². The second kappa shape index (κ2) is 16.1. The third-order valence-corrected chi connectivity index (χ3v) is 12.1. The van der Waals surface area contributed by atoms with Crippen molar-refractivity contribution in [2.24, 2.45) is 0 Å². The Hall–Kier alpha value is -5.07. The summed E-state index contributed by atoms with van der Waals surface area (Å²) in [6.45, 7) is 9.54. The van der Waals surface area contributed by atoms with Crippen LogP contribution in [0, 0.1) is 10.1 Å². The maximum Gasteiger partial charge on any atom is 0.415 e. The summed E-state index contributed by atoms with van der Waals surface area (Å²) < 4.78 is 38.7. The Kier molecular flexibility index (Phi) is 12.0. The maximum absolute atomic E-state index is 13.9. The highest BCUT2D eigenvalue weighted by molar-refractivity contribution is 8.02. The number of benzene rings is 2. The van der Waals surface area contributed by atoms with Gasteiger partial charge in [0, 0.05) is 67.4 Å². The third-order valence-electron chi connectivity index (χ3n) is 8.73. The van der Waals surface area contributed by atoms with Gasteiger partial charge < -0.3 is 24.6 Å². The number of pyridine rings is 1. The molecule has 288 valence electrons. The minimum atomic E-state index is -4.10. The Morgan fingerprint density at radius 3 is 2.20 bits per heavy atom. The molecular formula is C36H42N6O10S2. The minimum Gasteiger partial charge on any atom is -0.458 e. The van der Waals surface area contributed by atoms with Crippen LogP contribution in [0.25, 0.3) is 0 Å². The van der Waals surface area contributed by atoms with Crippen LogP contribution >= 0.6 is 11.8 Å². The topological polar surface area (TPSA) is 199 Å². The lowest BCUT2D eigenvalue weighted by molar-refractivity contribution is -0.384. The molecule has 1 N–H and O–H groups in total. The lowest BCUT2D eigenvalue weighted by Gasteiger charge is -2.34. The van der Waals surface area contributed by atoms with Crippen molar-refractivity contribution in [2.75, 3.05) is 32.1 Å². The molecule has 2 aliphatic rings. The van der Waals surface area contributed by atoms with Crippen molar-refractivity contribution >= 4 is 51.3 Å². The number of ether oxygens (including phenoxy) is 2. The average Bonchev–Trinajstić information content (AvgIpc) is 3.47. The first-order valence-corrected chi connectivity index (χ1v) is 19.5. The van der Waals surface area contributed by atoms with Crippen LogP contribution in [0.3, 0.4) is 0 Å². The number of carbonyl (C=O) groups is 4.